The highest BCUT2D eigenvalue weighted by Gasteiger charge is 2.05. The number of carbonyl (C=O) groups is 1. The Balaban J connectivity index is 1.92. The highest BCUT2D eigenvalue weighted by molar-refractivity contribution is 5.87. The van der Waals surface area contributed by atoms with Gasteiger partial charge in [0.05, 0.1) is 12.2 Å². The Bertz CT molecular complexity index is 787. The summed E-state index contributed by atoms with van der Waals surface area (Å²) in [6, 6.07) is 14.8. The van der Waals surface area contributed by atoms with Crippen molar-refractivity contribution in [3.05, 3.63) is 71.4 Å². The van der Waals surface area contributed by atoms with Crippen LogP contribution in [0.15, 0.2) is 54.7 Å². The average Bonchev–Trinajstić information content (AvgIpc) is 2.90. The molecular weight excluding hydrogens is 266 g/mol. The summed E-state index contributed by atoms with van der Waals surface area (Å²) in [5.74, 6) is -0.916. The van der Waals surface area contributed by atoms with E-state index in [0.717, 1.165) is 22.0 Å². The number of hydrogen-bond donors (Lipinski definition) is 2. The van der Waals surface area contributed by atoms with Crippen LogP contribution in [0.25, 0.3) is 10.9 Å². The van der Waals surface area contributed by atoms with E-state index in [-0.39, 0.29) is 6.61 Å². The fourth-order valence-electron chi connectivity index (χ4n) is 2.42. The lowest BCUT2D eigenvalue weighted by Crippen LogP contribution is -2.00. The molecule has 106 valence electrons. The number of rotatable bonds is 4. The molecule has 0 atom stereocenters. The van der Waals surface area contributed by atoms with E-state index < -0.39 is 5.97 Å². The zero-order valence-corrected chi connectivity index (χ0v) is 11.4. The van der Waals surface area contributed by atoms with Crippen LogP contribution in [0.5, 0.6) is 0 Å². The van der Waals surface area contributed by atoms with E-state index in [1.165, 1.54) is 0 Å². The summed E-state index contributed by atoms with van der Waals surface area (Å²) in [7, 11) is 0. The highest BCUT2D eigenvalue weighted by Crippen LogP contribution is 2.19. The SMILES string of the molecule is O=C(O)c1ccc(Cn2ccc3ccc(CO)cc32)cc1. The van der Waals surface area contributed by atoms with E-state index in [4.69, 9.17) is 5.11 Å². The molecule has 4 heteroatoms. The van der Waals surface area contributed by atoms with Gasteiger partial charge in [0.2, 0.25) is 0 Å². The van der Waals surface area contributed by atoms with Crippen molar-refractivity contribution in [3.8, 4) is 0 Å². The first-order chi connectivity index (χ1) is 10.2. The van der Waals surface area contributed by atoms with E-state index >= 15 is 0 Å². The number of carboxylic acid groups (broad SMARTS) is 1. The monoisotopic (exact) mass is 281 g/mol. The van der Waals surface area contributed by atoms with Crippen LogP contribution >= 0.6 is 0 Å². The highest BCUT2D eigenvalue weighted by atomic mass is 16.4. The number of aliphatic hydroxyl groups is 1. The second-order valence-corrected chi connectivity index (χ2v) is 5.00. The number of carboxylic acids is 1. The topological polar surface area (TPSA) is 62.5 Å². The Kier molecular flexibility index (Phi) is 3.46. The summed E-state index contributed by atoms with van der Waals surface area (Å²) < 4.78 is 2.09. The van der Waals surface area contributed by atoms with Gasteiger partial charge in [0.15, 0.2) is 0 Å². The molecule has 3 aromatic rings. The number of fused-ring (bicyclic) bond motifs is 1. The third kappa shape index (κ3) is 2.66. The molecular formula is C17H15NO3. The molecule has 0 spiro atoms. The maximum absolute atomic E-state index is 10.8. The van der Waals surface area contributed by atoms with Gasteiger partial charge in [-0.1, -0.05) is 24.3 Å². The molecule has 0 amide bonds. The molecule has 0 aliphatic heterocycles. The number of benzene rings is 2. The first kappa shape index (κ1) is 13.4. The van der Waals surface area contributed by atoms with Crippen LogP contribution in [-0.2, 0) is 13.2 Å². The normalized spacial score (nSPS) is 10.9. The molecule has 2 aromatic carbocycles. The summed E-state index contributed by atoms with van der Waals surface area (Å²) in [5.41, 5.74) is 3.26. The molecule has 0 unspecified atom stereocenters. The number of aliphatic hydroxyl groups excluding tert-OH is 1. The van der Waals surface area contributed by atoms with Crippen LogP contribution in [0.1, 0.15) is 21.5 Å². The van der Waals surface area contributed by atoms with Crippen LogP contribution in [0.3, 0.4) is 0 Å². The molecule has 0 saturated carbocycles. The zero-order valence-electron chi connectivity index (χ0n) is 11.4. The summed E-state index contributed by atoms with van der Waals surface area (Å²) in [5, 5.41) is 19.3. The summed E-state index contributed by atoms with van der Waals surface area (Å²) in [6.07, 6.45) is 2.00. The minimum Gasteiger partial charge on any atom is -0.478 e. The van der Waals surface area contributed by atoms with Crippen LogP contribution < -0.4 is 0 Å². The van der Waals surface area contributed by atoms with E-state index in [1.54, 1.807) is 12.1 Å². The third-order valence-electron chi connectivity index (χ3n) is 3.57. The zero-order chi connectivity index (χ0) is 14.8. The molecule has 0 aliphatic rings. The summed E-state index contributed by atoms with van der Waals surface area (Å²) in [4.78, 5) is 10.8. The summed E-state index contributed by atoms with van der Waals surface area (Å²) >= 11 is 0. The van der Waals surface area contributed by atoms with Gasteiger partial charge in [-0.3, -0.25) is 0 Å². The first-order valence-electron chi connectivity index (χ1n) is 6.68. The Labute approximate surface area is 121 Å². The van der Waals surface area contributed by atoms with Gasteiger partial charge < -0.3 is 14.8 Å². The van der Waals surface area contributed by atoms with Crippen LogP contribution in [0.2, 0.25) is 0 Å². The fourth-order valence-corrected chi connectivity index (χ4v) is 2.42. The molecule has 0 saturated heterocycles. The lowest BCUT2D eigenvalue weighted by Gasteiger charge is -2.07. The lowest BCUT2D eigenvalue weighted by atomic mass is 10.1. The van der Waals surface area contributed by atoms with Crippen molar-refractivity contribution in [3.63, 3.8) is 0 Å². The maximum Gasteiger partial charge on any atom is 0.335 e. The number of aromatic carboxylic acids is 1. The molecule has 2 N–H and O–H groups in total. The average molecular weight is 281 g/mol. The molecule has 3 rings (SSSR count). The van der Waals surface area contributed by atoms with Gasteiger partial charge in [-0.15, -0.1) is 0 Å². The fraction of sp³-hybridized carbons (Fsp3) is 0.118. The molecule has 0 bridgehead atoms. The molecule has 0 aliphatic carbocycles. The Morgan fingerprint density at radius 2 is 1.71 bits per heavy atom. The van der Waals surface area contributed by atoms with Gasteiger partial charge in [0.1, 0.15) is 0 Å². The van der Waals surface area contributed by atoms with E-state index in [9.17, 15) is 9.90 Å². The quantitative estimate of drug-likeness (QED) is 0.773. The maximum atomic E-state index is 10.8. The van der Waals surface area contributed by atoms with Gasteiger partial charge >= 0.3 is 5.97 Å². The Morgan fingerprint density at radius 3 is 2.38 bits per heavy atom. The van der Waals surface area contributed by atoms with Gasteiger partial charge in [0, 0.05) is 18.3 Å². The van der Waals surface area contributed by atoms with Crippen molar-refractivity contribution in [1.82, 2.24) is 4.57 Å². The van der Waals surface area contributed by atoms with E-state index in [0.29, 0.717) is 12.1 Å². The number of nitrogens with zero attached hydrogens (tertiary/aromatic N) is 1. The molecule has 0 fully saturated rings. The van der Waals surface area contributed by atoms with Gasteiger partial charge in [-0.2, -0.15) is 0 Å². The van der Waals surface area contributed by atoms with Crippen LogP contribution in [0, 0.1) is 0 Å². The number of hydrogen-bond acceptors (Lipinski definition) is 2. The minimum absolute atomic E-state index is 0.0223. The van der Waals surface area contributed by atoms with Crippen molar-refractivity contribution >= 4 is 16.9 Å². The Morgan fingerprint density at radius 1 is 1.00 bits per heavy atom. The smallest absolute Gasteiger partial charge is 0.335 e. The van der Waals surface area contributed by atoms with Crippen LogP contribution in [0.4, 0.5) is 0 Å². The standard InChI is InChI=1S/C17H15NO3/c19-11-13-3-4-14-7-8-18(16(14)9-13)10-12-1-5-15(6-2-12)17(20)21/h1-9,19H,10-11H2,(H,20,21). The molecule has 21 heavy (non-hydrogen) atoms. The predicted molar refractivity (Wildman–Crippen MR) is 80.4 cm³/mol. The van der Waals surface area contributed by atoms with E-state index in [2.05, 4.69) is 4.57 Å². The molecule has 4 nitrogen and oxygen atoms in total. The van der Waals surface area contributed by atoms with Crippen molar-refractivity contribution < 1.29 is 15.0 Å². The lowest BCUT2D eigenvalue weighted by molar-refractivity contribution is 0.0697. The molecule has 1 heterocycles. The van der Waals surface area contributed by atoms with Gasteiger partial charge in [-0.25, -0.2) is 4.79 Å². The van der Waals surface area contributed by atoms with Gasteiger partial charge in [0.25, 0.3) is 0 Å². The molecule has 0 radical (unpaired) electrons. The van der Waals surface area contributed by atoms with E-state index in [1.807, 2.05) is 42.6 Å². The van der Waals surface area contributed by atoms with Crippen LogP contribution in [-0.4, -0.2) is 20.7 Å². The second-order valence-electron chi connectivity index (χ2n) is 5.00. The van der Waals surface area contributed by atoms with Crippen molar-refractivity contribution in [2.45, 2.75) is 13.2 Å². The largest absolute Gasteiger partial charge is 0.478 e. The second kappa shape index (κ2) is 5.42. The van der Waals surface area contributed by atoms with Crippen molar-refractivity contribution in [1.29, 1.82) is 0 Å². The molecule has 1 aromatic heterocycles. The third-order valence-corrected chi connectivity index (χ3v) is 3.57. The predicted octanol–water partition coefficient (Wildman–Crippen LogP) is 2.88. The number of aromatic nitrogens is 1. The van der Waals surface area contributed by atoms with Gasteiger partial charge in [-0.05, 0) is 40.8 Å². The van der Waals surface area contributed by atoms with Crippen molar-refractivity contribution in [2.24, 2.45) is 0 Å². The summed E-state index contributed by atoms with van der Waals surface area (Å²) in [6.45, 7) is 0.687. The minimum atomic E-state index is -0.916. The van der Waals surface area contributed by atoms with Crippen molar-refractivity contribution in [2.75, 3.05) is 0 Å². The first-order valence-corrected chi connectivity index (χ1v) is 6.68. The Hall–Kier alpha value is -2.59.